The molecule has 1 aliphatic carbocycles. The minimum atomic E-state index is -3.75. The summed E-state index contributed by atoms with van der Waals surface area (Å²) in [5.74, 6) is -1.40. The normalized spacial score (nSPS) is 20.2. The average molecular weight is 480 g/mol. The van der Waals surface area contributed by atoms with Crippen LogP contribution in [0.2, 0.25) is 0 Å². The minimum absolute atomic E-state index is 0.00728. The first-order valence-corrected chi connectivity index (χ1v) is 13.1. The van der Waals surface area contributed by atoms with Gasteiger partial charge in [-0.3, -0.25) is 9.59 Å². The van der Waals surface area contributed by atoms with Gasteiger partial charge in [-0.05, 0) is 55.3 Å². The van der Waals surface area contributed by atoms with Crippen LogP contribution >= 0.6 is 11.3 Å². The summed E-state index contributed by atoms with van der Waals surface area (Å²) in [6, 6.07) is 6.30. The molecule has 2 aromatic rings. The molecule has 2 aliphatic rings. The van der Waals surface area contributed by atoms with E-state index in [0.717, 1.165) is 43.4 Å². The number of benzene rings is 1. The highest BCUT2D eigenvalue weighted by atomic mass is 32.2. The molecule has 1 unspecified atom stereocenters. The van der Waals surface area contributed by atoms with Crippen LogP contribution in [0.1, 0.15) is 44.9 Å². The van der Waals surface area contributed by atoms with Crippen molar-refractivity contribution in [1.29, 1.82) is 0 Å². The topological polar surface area (TPSA) is 95.6 Å². The van der Waals surface area contributed by atoms with Crippen molar-refractivity contribution in [1.82, 2.24) is 4.31 Å². The lowest BCUT2D eigenvalue weighted by molar-refractivity contribution is -0.121. The van der Waals surface area contributed by atoms with E-state index in [1.165, 1.54) is 28.6 Å². The molecule has 32 heavy (non-hydrogen) atoms. The number of carbonyl (C=O) groups excluding carboxylic acids is 2. The molecule has 0 spiro atoms. The van der Waals surface area contributed by atoms with Crippen LogP contribution < -0.4 is 10.6 Å². The first-order chi connectivity index (χ1) is 15.4. The van der Waals surface area contributed by atoms with E-state index in [2.05, 4.69) is 10.6 Å². The minimum Gasteiger partial charge on any atom is -0.325 e. The molecule has 1 saturated heterocycles. The number of amides is 2. The molecule has 2 amide bonds. The van der Waals surface area contributed by atoms with Crippen molar-refractivity contribution >= 4 is 44.5 Å². The van der Waals surface area contributed by atoms with E-state index in [1.807, 2.05) is 0 Å². The van der Waals surface area contributed by atoms with Crippen molar-refractivity contribution < 1.29 is 22.4 Å². The number of nitrogens with one attached hydrogen (secondary N) is 2. The van der Waals surface area contributed by atoms with E-state index in [1.54, 1.807) is 11.4 Å². The molecule has 172 valence electrons. The Morgan fingerprint density at radius 1 is 1.00 bits per heavy atom. The zero-order valence-electron chi connectivity index (χ0n) is 17.6. The highest BCUT2D eigenvalue weighted by molar-refractivity contribution is 7.91. The van der Waals surface area contributed by atoms with Crippen molar-refractivity contribution in [3.05, 3.63) is 41.5 Å². The molecule has 0 radical (unpaired) electrons. The molecule has 1 aromatic carbocycles. The number of nitrogens with zero attached hydrogens (tertiary/aromatic N) is 1. The number of sulfonamides is 1. The summed E-state index contributed by atoms with van der Waals surface area (Å²) in [5.41, 5.74) is 0.309. The number of carbonyl (C=O) groups is 2. The summed E-state index contributed by atoms with van der Waals surface area (Å²) in [5, 5.41) is 7.02. The lowest BCUT2D eigenvalue weighted by Gasteiger charge is -2.23. The molecular weight excluding hydrogens is 453 g/mol. The van der Waals surface area contributed by atoms with Crippen LogP contribution in [-0.4, -0.2) is 37.1 Å². The summed E-state index contributed by atoms with van der Waals surface area (Å²) in [6.07, 6.45) is 5.66. The van der Waals surface area contributed by atoms with Gasteiger partial charge in [0.2, 0.25) is 11.8 Å². The van der Waals surface area contributed by atoms with Gasteiger partial charge in [-0.15, -0.1) is 11.3 Å². The monoisotopic (exact) mass is 479 g/mol. The number of hydrogen-bond donors (Lipinski definition) is 2. The Balaban J connectivity index is 1.46. The van der Waals surface area contributed by atoms with E-state index in [0.29, 0.717) is 18.5 Å². The first kappa shape index (κ1) is 22.9. The summed E-state index contributed by atoms with van der Waals surface area (Å²) in [6.45, 7) is 0.268. The lowest BCUT2D eigenvalue weighted by Crippen LogP contribution is -2.42. The van der Waals surface area contributed by atoms with Gasteiger partial charge in [-0.2, -0.15) is 4.31 Å². The Kier molecular flexibility index (Phi) is 6.92. The highest BCUT2D eigenvalue weighted by Gasteiger charge is 2.40. The van der Waals surface area contributed by atoms with Gasteiger partial charge in [0.25, 0.3) is 10.0 Å². The Morgan fingerprint density at radius 3 is 2.50 bits per heavy atom. The standard InChI is InChI=1S/C22H26FN3O4S2/c23-17-11-10-16(14-18(17)25-21(27)15-6-2-1-3-7-15)24-22(28)19-8-4-12-26(19)32(29,30)20-9-5-13-31-20/h5,9-11,13-15,19H,1-4,6-8,12H2,(H,24,28)(H,25,27). The number of hydrogen-bond acceptors (Lipinski definition) is 5. The Morgan fingerprint density at radius 2 is 1.78 bits per heavy atom. The third-order valence-corrected chi connectivity index (χ3v) is 9.31. The second-order valence-electron chi connectivity index (χ2n) is 8.21. The van der Waals surface area contributed by atoms with Crippen LogP contribution in [0.4, 0.5) is 15.8 Å². The van der Waals surface area contributed by atoms with Gasteiger partial charge in [0.15, 0.2) is 0 Å². The predicted octanol–water partition coefficient (Wildman–Crippen LogP) is 4.20. The first-order valence-electron chi connectivity index (χ1n) is 10.8. The maximum Gasteiger partial charge on any atom is 0.253 e. The third kappa shape index (κ3) is 4.87. The van der Waals surface area contributed by atoms with Crippen molar-refractivity contribution in [3.63, 3.8) is 0 Å². The van der Waals surface area contributed by atoms with Gasteiger partial charge < -0.3 is 10.6 Å². The maximum atomic E-state index is 14.3. The summed E-state index contributed by atoms with van der Waals surface area (Å²) in [4.78, 5) is 25.4. The molecule has 1 aliphatic heterocycles. The van der Waals surface area contributed by atoms with Crippen molar-refractivity contribution in [2.45, 2.75) is 55.2 Å². The Hall–Kier alpha value is -2.30. The molecule has 2 heterocycles. The van der Waals surface area contributed by atoms with Gasteiger partial charge in [-0.1, -0.05) is 25.3 Å². The molecule has 1 atom stereocenters. The Bertz CT molecular complexity index is 1080. The van der Waals surface area contributed by atoms with Gasteiger partial charge >= 0.3 is 0 Å². The van der Waals surface area contributed by atoms with Crippen LogP contribution in [0, 0.1) is 11.7 Å². The zero-order chi connectivity index (χ0) is 22.7. The molecule has 10 heteroatoms. The quantitative estimate of drug-likeness (QED) is 0.649. The van der Waals surface area contributed by atoms with E-state index in [9.17, 15) is 22.4 Å². The van der Waals surface area contributed by atoms with Crippen LogP contribution in [0.3, 0.4) is 0 Å². The van der Waals surface area contributed by atoms with Crippen LogP contribution in [0.5, 0.6) is 0 Å². The van der Waals surface area contributed by atoms with E-state index < -0.39 is 27.8 Å². The molecule has 4 rings (SSSR count). The predicted molar refractivity (Wildman–Crippen MR) is 121 cm³/mol. The van der Waals surface area contributed by atoms with Gasteiger partial charge in [0.05, 0.1) is 5.69 Å². The fourth-order valence-corrected chi connectivity index (χ4v) is 7.12. The maximum absolute atomic E-state index is 14.3. The van der Waals surface area contributed by atoms with Crippen molar-refractivity contribution in [3.8, 4) is 0 Å². The van der Waals surface area contributed by atoms with E-state index >= 15 is 0 Å². The average Bonchev–Trinajstić information content (AvgIpc) is 3.49. The molecule has 0 bridgehead atoms. The summed E-state index contributed by atoms with van der Waals surface area (Å²) >= 11 is 1.11. The highest BCUT2D eigenvalue weighted by Crippen LogP contribution is 2.30. The van der Waals surface area contributed by atoms with Crippen LogP contribution in [-0.2, 0) is 19.6 Å². The smallest absolute Gasteiger partial charge is 0.253 e. The third-order valence-electron chi connectivity index (χ3n) is 6.03. The lowest BCUT2D eigenvalue weighted by atomic mass is 9.88. The van der Waals surface area contributed by atoms with Gasteiger partial charge in [-0.25, -0.2) is 12.8 Å². The van der Waals surface area contributed by atoms with Gasteiger partial charge in [0, 0.05) is 18.2 Å². The molecular formula is C22H26FN3O4S2. The number of rotatable bonds is 6. The van der Waals surface area contributed by atoms with E-state index in [4.69, 9.17) is 0 Å². The molecule has 1 saturated carbocycles. The molecule has 1 aromatic heterocycles. The van der Waals surface area contributed by atoms with Crippen molar-refractivity contribution in [2.75, 3.05) is 17.2 Å². The Labute approximate surface area is 191 Å². The van der Waals surface area contributed by atoms with Crippen molar-refractivity contribution in [2.24, 2.45) is 5.92 Å². The SMILES string of the molecule is O=C(Nc1cc(NC(=O)C2CCCN2S(=O)(=O)c2cccs2)ccc1F)C1CCCCC1. The largest absolute Gasteiger partial charge is 0.325 e. The van der Waals surface area contributed by atoms with Crippen LogP contribution in [0.25, 0.3) is 0 Å². The summed E-state index contributed by atoms with van der Waals surface area (Å²) in [7, 11) is -3.75. The fourth-order valence-electron chi connectivity index (χ4n) is 4.34. The second-order valence-corrected chi connectivity index (χ2v) is 11.3. The number of halogens is 1. The molecule has 7 nitrogen and oxygen atoms in total. The van der Waals surface area contributed by atoms with Crippen LogP contribution in [0.15, 0.2) is 39.9 Å². The van der Waals surface area contributed by atoms with Gasteiger partial charge in [0.1, 0.15) is 16.1 Å². The number of anilines is 2. The summed E-state index contributed by atoms with van der Waals surface area (Å²) < 4.78 is 41.5. The molecule has 2 fully saturated rings. The number of thiophene rings is 1. The molecule has 2 N–H and O–H groups in total. The zero-order valence-corrected chi connectivity index (χ0v) is 19.2. The van der Waals surface area contributed by atoms with E-state index in [-0.39, 0.29) is 28.3 Å². The fraction of sp³-hybridized carbons (Fsp3) is 0.455. The second kappa shape index (κ2) is 9.68.